The van der Waals surface area contributed by atoms with Crippen molar-refractivity contribution in [1.29, 1.82) is 0 Å². The lowest BCUT2D eigenvalue weighted by Crippen LogP contribution is -2.25. The number of amides is 1. The number of carbonyl (C=O) groups is 1. The van der Waals surface area contributed by atoms with Gasteiger partial charge in [-0.05, 0) is 36.9 Å². The number of aryl methyl sites for hydroxylation is 1. The van der Waals surface area contributed by atoms with Gasteiger partial charge >= 0.3 is 0 Å². The highest BCUT2D eigenvalue weighted by Gasteiger charge is 2.16. The highest BCUT2D eigenvalue weighted by Crippen LogP contribution is 2.30. The first-order valence-electron chi connectivity index (χ1n) is 7.82. The Labute approximate surface area is 149 Å². The maximum atomic E-state index is 12.3. The lowest BCUT2D eigenvalue weighted by Gasteiger charge is -2.07. The number of hydrogen-bond donors (Lipinski definition) is 2. The van der Waals surface area contributed by atoms with Crippen molar-refractivity contribution in [3.8, 4) is 9.88 Å². The molecule has 0 saturated heterocycles. The van der Waals surface area contributed by atoms with E-state index in [1.807, 2.05) is 54.8 Å². The average Bonchev–Trinajstić information content (AvgIpc) is 3.24. The number of anilines is 1. The van der Waals surface area contributed by atoms with E-state index in [-0.39, 0.29) is 5.91 Å². The molecule has 124 valence electrons. The summed E-state index contributed by atoms with van der Waals surface area (Å²) in [6, 6.07) is 14.1. The van der Waals surface area contributed by atoms with Gasteiger partial charge in [-0.25, -0.2) is 4.98 Å². The zero-order valence-corrected chi connectivity index (χ0v) is 15.0. The quantitative estimate of drug-likeness (QED) is 0.616. The first-order chi connectivity index (χ1) is 11.7. The van der Waals surface area contributed by atoms with Crippen LogP contribution in [0.3, 0.4) is 0 Å². The minimum Gasteiger partial charge on any atom is -0.385 e. The van der Waals surface area contributed by atoms with Crippen LogP contribution in [0.5, 0.6) is 0 Å². The second-order valence-electron chi connectivity index (χ2n) is 5.31. The molecule has 2 N–H and O–H groups in total. The van der Waals surface area contributed by atoms with Gasteiger partial charge in [-0.3, -0.25) is 4.79 Å². The molecular weight excluding hydrogens is 338 g/mol. The van der Waals surface area contributed by atoms with Crippen LogP contribution in [-0.4, -0.2) is 24.0 Å². The number of rotatable bonds is 7. The van der Waals surface area contributed by atoms with Crippen LogP contribution in [0, 0.1) is 6.92 Å². The number of carbonyl (C=O) groups excluding carboxylic acids is 1. The monoisotopic (exact) mass is 357 g/mol. The third-order valence-electron chi connectivity index (χ3n) is 3.48. The zero-order chi connectivity index (χ0) is 16.8. The molecular formula is C18H19N3OS2. The minimum absolute atomic E-state index is 0.0347. The molecule has 2 heterocycles. The van der Waals surface area contributed by atoms with Crippen LogP contribution in [0.2, 0.25) is 0 Å². The molecule has 24 heavy (non-hydrogen) atoms. The van der Waals surface area contributed by atoms with E-state index >= 15 is 0 Å². The lowest BCUT2D eigenvalue weighted by molar-refractivity contribution is 0.0957. The van der Waals surface area contributed by atoms with Crippen molar-refractivity contribution in [2.75, 3.05) is 18.4 Å². The highest BCUT2D eigenvalue weighted by molar-refractivity contribution is 7.22. The van der Waals surface area contributed by atoms with Crippen molar-refractivity contribution in [3.63, 3.8) is 0 Å². The molecule has 3 rings (SSSR count). The van der Waals surface area contributed by atoms with Gasteiger partial charge in [0.15, 0.2) is 0 Å². The molecule has 0 radical (unpaired) electrons. The van der Waals surface area contributed by atoms with Crippen molar-refractivity contribution in [1.82, 2.24) is 10.3 Å². The number of nitrogens with one attached hydrogen (secondary N) is 2. The van der Waals surface area contributed by atoms with E-state index in [4.69, 9.17) is 0 Å². The molecule has 0 spiro atoms. The second-order valence-corrected chi connectivity index (χ2v) is 7.26. The van der Waals surface area contributed by atoms with E-state index in [1.165, 1.54) is 11.3 Å². The van der Waals surface area contributed by atoms with Gasteiger partial charge in [0, 0.05) is 18.8 Å². The summed E-state index contributed by atoms with van der Waals surface area (Å²) in [7, 11) is 0. The molecule has 0 aliphatic carbocycles. The Morgan fingerprint density at radius 3 is 2.71 bits per heavy atom. The van der Waals surface area contributed by atoms with Crippen molar-refractivity contribution < 1.29 is 4.79 Å². The van der Waals surface area contributed by atoms with Gasteiger partial charge in [0.1, 0.15) is 9.88 Å². The van der Waals surface area contributed by atoms with Crippen LogP contribution in [0.15, 0.2) is 47.8 Å². The highest BCUT2D eigenvalue weighted by atomic mass is 32.1. The molecule has 0 atom stereocenters. The van der Waals surface area contributed by atoms with Crippen LogP contribution in [0.25, 0.3) is 9.88 Å². The Balaban J connectivity index is 1.47. The fourth-order valence-electron chi connectivity index (χ4n) is 2.27. The van der Waals surface area contributed by atoms with Gasteiger partial charge in [0.05, 0.1) is 10.6 Å². The van der Waals surface area contributed by atoms with Gasteiger partial charge in [0.25, 0.3) is 5.91 Å². The number of hydrogen-bond acceptors (Lipinski definition) is 5. The second kappa shape index (κ2) is 8.08. The summed E-state index contributed by atoms with van der Waals surface area (Å²) in [4.78, 5) is 18.6. The van der Waals surface area contributed by atoms with Gasteiger partial charge in [-0.1, -0.05) is 24.3 Å². The van der Waals surface area contributed by atoms with Crippen LogP contribution in [-0.2, 0) is 0 Å². The molecule has 6 heteroatoms. The van der Waals surface area contributed by atoms with Crippen LogP contribution >= 0.6 is 22.7 Å². The number of para-hydroxylation sites is 1. The predicted molar refractivity (Wildman–Crippen MR) is 102 cm³/mol. The van der Waals surface area contributed by atoms with Crippen LogP contribution < -0.4 is 10.6 Å². The Morgan fingerprint density at radius 2 is 1.96 bits per heavy atom. The van der Waals surface area contributed by atoms with Gasteiger partial charge in [-0.2, -0.15) is 0 Å². The number of benzene rings is 1. The van der Waals surface area contributed by atoms with Crippen LogP contribution in [0.1, 0.15) is 21.8 Å². The third kappa shape index (κ3) is 4.21. The Morgan fingerprint density at radius 1 is 1.12 bits per heavy atom. The molecule has 0 aliphatic heterocycles. The first-order valence-corrected chi connectivity index (χ1v) is 9.52. The summed E-state index contributed by atoms with van der Waals surface area (Å²) in [6.45, 7) is 3.36. The molecule has 0 fully saturated rings. The fraction of sp³-hybridized carbons (Fsp3) is 0.222. The molecule has 4 nitrogen and oxygen atoms in total. The third-order valence-corrected chi connectivity index (χ3v) is 5.67. The summed E-state index contributed by atoms with van der Waals surface area (Å²) >= 11 is 3.10. The molecule has 0 unspecified atom stereocenters. The Bertz CT molecular complexity index is 782. The Hall–Kier alpha value is -2.18. The van der Waals surface area contributed by atoms with Gasteiger partial charge < -0.3 is 10.6 Å². The summed E-state index contributed by atoms with van der Waals surface area (Å²) in [5.74, 6) is -0.0347. The summed E-state index contributed by atoms with van der Waals surface area (Å²) in [5.41, 5.74) is 1.89. The summed E-state index contributed by atoms with van der Waals surface area (Å²) in [6.07, 6.45) is 0.871. The lowest BCUT2D eigenvalue weighted by atomic mass is 10.3. The van der Waals surface area contributed by atoms with Gasteiger partial charge in [-0.15, -0.1) is 22.7 Å². The number of thiazole rings is 1. The van der Waals surface area contributed by atoms with Crippen molar-refractivity contribution >= 4 is 34.3 Å². The largest absolute Gasteiger partial charge is 0.385 e. The van der Waals surface area contributed by atoms with E-state index in [0.29, 0.717) is 11.4 Å². The SMILES string of the molecule is Cc1nc(-c2cccs2)sc1C(=O)NCCCNc1ccccc1. The number of nitrogens with zero attached hydrogens (tertiary/aromatic N) is 1. The average molecular weight is 358 g/mol. The minimum atomic E-state index is -0.0347. The van der Waals surface area contributed by atoms with E-state index in [2.05, 4.69) is 15.6 Å². The normalized spacial score (nSPS) is 10.5. The first kappa shape index (κ1) is 16.7. The number of thiophene rings is 1. The maximum Gasteiger partial charge on any atom is 0.263 e. The molecule has 0 bridgehead atoms. The summed E-state index contributed by atoms with van der Waals surface area (Å²) < 4.78 is 0. The standard InChI is InChI=1S/C18H19N3OS2/c1-13-16(24-18(21-13)15-9-5-12-23-15)17(22)20-11-6-10-19-14-7-3-2-4-8-14/h2-5,7-9,12,19H,6,10-11H2,1H3,(H,20,22). The smallest absolute Gasteiger partial charge is 0.263 e. The van der Waals surface area contributed by atoms with Gasteiger partial charge in [0.2, 0.25) is 0 Å². The van der Waals surface area contributed by atoms with Crippen LogP contribution in [0.4, 0.5) is 5.69 Å². The molecule has 3 aromatic rings. The molecule has 1 aromatic carbocycles. The Kier molecular flexibility index (Phi) is 5.61. The number of aromatic nitrogens is 1. The fourth-order valence-corrected chi connectivity index (χ4v) is 4.05. The molecule has 1 amide bonds. The predicted octanol–water partition coefficient (Wildman–Crippen LogP) is 4.41. The molecule has 0 saturated carbocycles. The van der Waals surface area contributed by atoms with Crippen molar-refractivity contribution in [2.24, 2.45) is 0 Å². The van der Waals surface area contributed by atoms with E-state index in [0.717, 1.165) is 34.2 Å². The van der Waals surface area contributed by atoms with E-state index < -0.39 is 0 Å². The maximum absolute atomic E-state index is 12.3. The molecule has 2 aromatic heterocycles. The topological polar surface area (TPSA) is 54.0 Å². The van der Waals surface area contributed by atoms with Crippen molar-refractivity contribution in [3.05, 3.63) is 58.4 Å². The van der Waals surface area contributed by atoms with E-state index in [9.17, 15) is 4.79 Å². The van der Waals surface area contributed by atoms with E-state index in [1.54, 1.807) is 11.3 Å². The van der Waals surface area contributed by atoms with Crippen molar-refractivity contribution in [2.45, 2.75) is 13.3 Å². The molecule has 0 aliphatic rings. The summed E-state index contributed by atoms with van der Waals surface area (Å²) in [5, 5.41) is 9.25. The zero-order valence-electron chi connectivity index (χ0n) is 13.4.